The summed E-state index contributed by atoms with van der Waals surface area (Å²) in [5.41, 5.74) is 2.84. The van der Waals surface area contributed by atoms with E-state index in [1.165, 1.54) is 18.4 Å². The first-order valence-corrected chi connectivity index (χ1v) is 12.2. The number of hydrogen-bond acceptors (Lipinski definition) is 2. The van der Waals surface area contributed by atoms with Crippen molar-refractivity contribution in [3.8, 4) is 0 Å². The zero-order valence-corrected chi connectivity index (χ0v) is 19.3. The monoisotopic (exact) mass is 424 g/mol. The quantitative estimate of drug-likeness (QED) is 0.500. The summed E-state index contributed by atoms with van der Waals surface area (Å²) in [6, 6.07) is 0. The van der Waals surface area contributed by atoms with Gasteiger partial charge in [-0.2, -0.15) is 0 Å². The van der Waals surface area contributed by atoms with E-state index in [0.29, 0.717) is 43.4 Å². The normalized spacial score (nSPS) is 39.0. The Balaban J connectivity index is 1.69. The summed E-state index contributed by atoms with van der Waals surface area (Å²) in [4.78, 5) is 0. The minimum atomic E-state index is -2.56. The van der Waals surface area contributed by atoms with E-state index in [0.717, 1.165) is 24.8 Å². The van der Waals surface area contributed by atoms with Crippen LogP contribution in [0.2, 0.25) is 0 Å². The van der Waals surface area contributed by atoms with Crippen molar-refractivity contribution in [3.63, 3.8) is 0 Å². The van der Waals surface area contributed by atoms with E-state index in [-0.39, 0.29) is 11.8 Å². The zero-order valence-electron chi connectivity index (χ0n) is 19.3. The van der Waals surface area contributed by atoms with Gasteiger partial charge in [-0.25, -0.2) is 8.78 Å². The molecule has 3 saturated carbocycles. The molecule has 0 heterocycles. The Hall–Kier alpha value is -0.740. The second-order valence-corrected chi connectivity index (χ2v) is 11.0. The number of halogens is 2. The van der Waals surface area contributed by atoms with Crippen LogP contribution in [0.5, 0.6) is 0 Å². The summed E-state index contributed by atoms with van der Waals surface area (Å²) in [5.74, 6) is -1.78. The molecule has 30 heavy (non-hydrogen) atoms. The molecular weight excluding hydrogens is 382 g/mol. The SMILES string of the molecule is CC(C)C(F)(F)CC[C@@H](C)[C@H]1CCC2/C(=C/C=C3CC(O)C[C@H](O)C3)CCC[C@@]21C. The third kappa shape index (κ3) is 5.18. The first-order valence-electron chi connectivity index (χ1n) is 12.2. The van der Waals surface area contributed by atoms with Crippen LogP contribution in [0, 0.1) is 29.1 Å². The maximum absolute atomic E-state index is 14.2. The molecule has 4 heteroatoms. The Labute approximate surface area is 181 Å². The largest absolute Gasteiger partial charge is 0.393 e. The maximum atomic E-state index is 14.2. The second kappa shape index (κ2) is 9.40. The molecule has 3 fully saturated rings. The summed E-state index contributed by atoms with van der Waals surface area (Å²) >= 11 is 0. The fourth-order valence-electron chi connectivity index (χ4n) is 6.65. The lowest BCUT2D eigenvalue weighted by molar-refractivity contribution is -0.0600. The van der Waals surface area contributed by atoms with E-state index in [1.807, 2.05) is 0 Å². The highest BCUT2D eigenvalue weighted by Gasteiger charge is 2.50. The van der Waals surface area contributed by atoms with E-state index in [1.54, 1.807) is 13.8 Å². The van der Waals surface area contributed by atoms with Crippen molar-refractivity contribution in [3.05, 3.63) is 23.3 Å². The number of aliphatic hydroxyl groups is 2. The predicted molar refractivity (Wildman–Crippen MR) is 118 cm³/mol. The Kier molecular flexibility index (Phi) is 7.49. The van der Waals surface area contributed by atoms with Crippen molar-refractivity contribution < 1.29 is 19.0 Å². The van der Waals surface area contributed by atoms with Gasteiger partial charge in [0.1, 0.15) is 0 Å². The van der Waals surface area contributed by atoms with Gasteiger partial charge in [-0.05, 0) is 81.0 Å². The van der Waals surface area contributed by atoms with Crippen molar-refractivity contribution >= 4 is 0 Å². The fourth-order valence-corrected chi connectivity index (χ4v) is 6.65. The van der Waals surface area contributed by atoms with Crippen LogP contribution < -0.4 is 0 Å². The second-order valence-electron chi connectivity index (χ2n) is 11.0. The van der Waals surface area contributed by atoms with Gasteiger partial charge in [-0.1, -0.05) is 51.0 Å². The third-order valence-corrected chi connectivity index (χ3v) is 8.58. The maximum Gasteiger partial charge on any atom is 0.250 e. The molecule has 6 atom stereocenters. The molecule has 2 N–H and O–H groups in total. The van der Waals surface area contributed by atoms with Crippen molar-refractivity contribution in [1.29, 1.82) is 0 Å². The lowest BCUT2D eigenvalue weighted by Crippen LogP contribution is -2.36. The third-order valence-electron chi connectivity index (χ3n) is 8.58. The lowest BCUT2D eigenvalue weighted by atomic mass is 9.60. The van der Waals surface area contributed by atoms with Gasteiger partial charge in [-0.15, -0.1) is 0 Å². The fraction of sp³-hybridized carbons (Fsp3) is 0.846. The Bertz CT molecular complexity index is 641. The minimum absolute atomic E-state index is 0.00251. The molecule has 0 saturated heterocycles. The topological polar surface area (TPSA) is 40.5 Å². The molecular formula is C26H42F2O2. The molecule has 0 aromatic carbocycles. The van der Waals surface area contributed by atoms with Gasteiger partial charge in [-0.3, -0.25) is 0 Å². The Morgan fingerprint density at radius 2 is 1.77 bits per heavy atom. The highest BCUT2D eigenvalue weighted by Crippen LogP contribution is 2.60. The van der Waals surface area contributed by atoms with Gasteiger partial charge < -0.3 is 10.2 Å². The summed E-state index contributed by atoms with van der Waals surface area (Å²) in [5, 5.41) is 19.9. The zero-order chi connectivity index (χ0) is 22.1. The number of allylic oxidation sites excluding steroid dienone is 3. The molecule has 3 aliphatic carbocycles. The molecule has 3 aliphatic rings. The van der Waals surface area contributed by atoms with Crippen LogP contribution in [-0.2, 0) is 0 Å². The van der Waals surface area contributed by atoms with Gasteiger partial charge in [0.15, 0.2) is 0 Å². The highest BCUT2D eigenvalue weighted by atomic mass is 19.3. The van der Waals surface area contributed by atoms with Crippen LogP contribution in [0.1, 0.15) is 91.9 Å². The standard InChI is InChI=1S/C26H42F2O2/c1-17(2)26(27,28)13-11-18(3)23-9-10-24-20(6-5-12-25(23,24)4)8-7-19-14-21(29)16-22(30)15-19/h7-8,17-18,21-24,29-30H,5-6,9-16H2,1-4H3/b19-7?,20-8+/t18-,21-,22?,23-,24?,25-/m1/s1. The smallest absolute Gasteiger partial charge is 0.250 e. The van der Waals surface area contributed by atoms with Gasteiger partial charge in [0, 0.05) is 12.3 Å². The first-order chi connectivity index (χ1) is 14.0. The summed E-state index contributed by atoms with van der Waals surface area (Å²) in [6.45, 7) is 7.84. The van der Waals surface area contributed by atoms with Crippen LogP contribution in [0.15, 0.2) is 23.3 Å². The number of hydrogen-bond donors (Lipinski definition) is 2. The van der Waals surface area contributed by atoms with Crippen LogP contribution in [-0.4, -0.2) is 28.3 Å². The number of rotatable bonds is 6. The van der Waals surface area contributed by atoms with Crippen LogP contribution in [0.4, 0.5) is 8.78 Å². The molecule has 0 aromatic heterocycles. The lowest BCUT2D eigenvalue weighted by Gasteiger charge is -2.44. The molecule has 2 nitrogen and oxygen atoms in total. The van der Waals surface area contributed by atoms with Crippen molar-refractivity contribution in [1.82, 2.24) is 0 Å². The molecule has 2 unspecified atom stereocenters. The van der Waals surface area contributed by atoms with Crippen LogP contribution >= 0.6 is 0 Å². The van der Waals surface area contributed by atoms with Gasteiger partial charge in [0.25, 0.3) is 0 Å². The van der Waals surface area contributed by atoms with Crippen molar-refractivity contribution in [2.75, 3.05) is 0 Å². The molecule has 0 spiro atoms. The molecule has 0 bridgehead atoms. The van der Waals surface area contributed by atoms with Gasteiger partial charge in [0.2, 0.25) is 5.92 Å². The first kappa shape index (κ1) is 23.9. The summed E-state index contributed by atoms with van der Waals surface area (Å²) in [6.07, 6.45) is 11.7. The van der Waals surface area contributed by atoms with Crippen LogP contribution in [0.25, 0.3) is 0 Å². The number of aliphatic hydroxyl groups excluding tert-OH is 2. The van der Waals surface area contributed by atoms with Gasteiger partial charge >= 0.3 is 0 Å². The Morgan fingerprint density at radius 1 is 1.10 bits per heavy atom. The number of fused-ring (bicyclic) bond motifs is 1. The Morgan fingerprint density at radius 3 is 2.40 bits per heavy atom. The average molecular weight is 425 g/mol. The van der Waals surface area contributed by atoms with Crippen molar-refractivity contribution in [2.24, 2.45) is 29.1 Å². The summed E-state index contributed by atoms with van der Waals surface area (Å²) < 4.78 is 28.3. The molecule has 172 valence electrons. The summed E-state index contributed by atoms with van der Waals surface area (Å²) in [7, 11) is 0. The van der Waals surface area contributed by atoms with E-state index in [4.69, 9.17) is 0 Å². The van der Waals surface area contributed by atoms with E-state index in [9.17, 15) is 19.0 Å². The van der Waals surface area contributed by atoms with Gasteiger partial charge in [0.05, 0.1) is 12.2 Å². The predicted octanol–water partition coefficient (Wildman–Crippen LogP) is 6.67. The van der Waals surface area contributed by atoms with E-state index >= 15 is 0 Å². The molecule has 0 aromatic rings. The van der Waals surface area contributed by atoms with E-state index in [2.05, 4.69) is 26.0 Å². The van der Waals surface area contributed by atoms with E-state index < -0.39 is 24.0 Å². The highest BCUT2D eigenvalue weighted by molar-refractivity contribution is 5.26. The van der Waals surface area contributed by atoms with Crippen LogP contribution in [0.3, 0.4) is 0 Å². The minimum Gasteiger partial charge on any atom is -0.393 e. The molecule has 0 amide bonds. The molecule has 0 radical (unpaired) electrons. The average Bonchev–Trinajstić information content (AvgIpc) is 3.01. The van der Waals surface area contributed by atoms with Crippen molar-refractivity contribution in [2.45, 2.75) is 110 Å². The molecule has 0 aliphatic heterocycles. The number of alkyl halides is 2. The molecule has 3 rings (SSSR count).